The Hall–Kier alpha value is -1.84. The second kappa shape index (κ2) is 6.07. The maximum atomic E-state index is 12.3. The maximum Gasteiger partial charge on any atom is 0.322 e. The van der Waals surface area contributed by atoms with Crippen LogP contribution < -0.4 is 5.32 Å². The summed E-state index contributed by atoms with van der Waals surface area (Å²) in [5.41, 5.74) is 1.29. The summed E-state index contributed by atoms with van der Waals surface area (Å²) in [6.45, 7) is 6.62. The van der Waals surface area contributed by atoms with Gasteiger partial charge in [-0.25, -0.2) is 4.79 Å². The van der Waals surface area contributed by atoms with E-state index in [1.165, 1.54) is 6.92 Å². The number of anilines is 1. The highest BCUT2D eigenvalue weighted by Gasteiger charge is 2.30. The monoisotopic (exact) mass is 274 g/mol. The molecular weight excluding hydrogens is 252 g/mol. The van der Waals surface area contributed by atoms with Gasteiger partial charge in [0, 0.05) is 23.8 Å². The number of carbonyl (C=O) groups is 2. The fourth-order valence-corrected chi connectivity index (χ4v) is 2.75. The van der Waals surface area contributed by atoms with Crippen LogP contribution in [0.1, 0.15) is 44.0 Å². The normalized spacial score (nSPS) is 18.4. The number of likely N-dealkylation sites (tertiary alicyclic amines) is 1. The molecule has 2 amide bonds. The summed E-state index contributed by atoms with van der Waals surface area (Å²) in [6.07, 6.45) is 2.13. The van der Waals surface area contributed by atoms with Crippen LogP contribution >= 0.6 is 0 Å². The molecule has 1 aromatic rings. The van der Waals surface area contributed by atoms with Crippen molar-refractivity contribution in [1.82, 2.24) is 4.90 Å². The van der Waals surface area contributed by atoms with Gasteiger partial charge in [0.2, 0.25) is 0 Å². The van der Waals surface area contributed by atoms with Gasteiger partial charge in [0.1, 0.15) is 0 Å². The molecule has 1 aromatic carbocycles. The van der Waals surface area contributed by atoms with Crippen LogP contribution in [0.4, 0.5) is 10.5 Å². The molecule has 1 aliphatic heterocycles. The van der Waals surface area contributed by atoms with Crippen LogP contribution in [0.15, 0.2) is 24.3 Å². The van der Waals surface area contributed by atoms with Gasteiger partial charge in [-0.2, -0.15) is 0 Å². The molecule has 108 valence electrons. The van der Waals surface area contributed by atoms with Crippen LogP contribution in [0.25, 0.3) is 0 Å². The molecule has 4 heteroatoms. The zero-order chi connectivity index (χ0) is 14.7. The first kappa shape index (κ1) is 14.6. The number of nitrogens with zero attached hydrogens (tertiary/aromatic N) is 1. The summed E-state index contributed by atoms with van der Waals surface area (Å²) in [7, 11) is 0. The van der Waals surface area contributed by atoms with Crippen LogP contribution in [0.3, 0.4) is 0 Å². The van der Waals surface area contributed by atoms with E-state index in [-0.39, 0.29) is 11.8 Å². The van der Waals surface area contributed by atoms with Crippen molar-refractivity contribution in [3.8, 4) is 0 Å². The van der Waals surface area contributed by atoms with Crippen molar-refractivity contribution < 1.29 is 9.59 Å². The molecule has 2 rings (SSSR count). The first-order chi connectivity index (χ1) is 9.49. The molecule has 1 N–H and O–H groups in total. The van der Waals surface area contributed by atoms with Gasteiger partial charge >= 0.3 is 6.03 Å². The van der Waals surface area contributed by atoms with E-state index in [9.17, 15) is 9.59 Å². The van der Waals surface area contributed by atoms with Crippen LogP contribution in [0, 0.1) is 5.92 Å². The minimum Gasteiger partial charge on any atom is -0.321 e. The average molecular weight is 274 g/mol. The highest BCUT2D eigenvalue weighted by molar-refractivity contribution is 5.96. The third kappa shape index (κ3) is 3.18. The molecule has 1 atom stereocenters. The third-order valence-corrected chi connectivity index (χ3v) is 3.85. The lowest BCUT2D eigenvalue weighted by atomic mass is 10.0. The van der Waals surface area contributed by atoms with E-state index in [4.69, 9.17) is 0 Å². The van der Waals surface area contributed by atoms with Crippen molar-refractivity contribution in [2.24, 2.45) is 5.92 Å². The molecule has 1 fully saturated rings. The summed E-state index contributed by atoms with van der Waals surface area (Å²) < 4.78 is 0. The predicted molar refractivity (Wildman–Crippen MR) is 80.0 cm³/mol. The molecule has 4 nitrogen and oxygen atoms in total. The molecule has 0 bridgehead atoms. The van der Waals surface area contributed by atoms with Crippen LogP contribution in [0.5, 0.6) is 0 Å². The zero-order valence-electron chi connectivity index (χ0n) is 12.3. The van der Waals surface area contributed by atoms with Gasteiger partial charge in [-0.3, -0.25) is 4.79 Å². The third-order valence-electron chi connectivity index (χ3n) is 3.85. The van der Waals surface area contributed by atoms with E-state index >= 15 is 0 Å². The smallest absolute Gasteiger partial charge is 0.321 e. The first-order valence-electron chi connectivity index (χ1n) is 7.17. The number of urea groups is 1. The lowest BCUT2D eigenvalue weighted by Gasteiger charge is -2.27. The Labute approximate surface area is 120 Å². The second-order valence-corrected chi connectivity index (χ2v) is 5.71. The maximum absolute atomic E-state index is 12.3. The van der Waals surface area contributed by atoms with Gasteiger partial charge < -0.3 is 10.2 Å². The van der Waals surface area contributed by atoms with Gasteiger partial charge in [0.05, 0.1) is 0 Å². The number of amides is 2. The van der Waals surface area contributed by atoms with Gasteiger partial charge in [0.15, 0.2) is 5.78 Å². The lowest BCUT2D eigenvalue weighted by molar-refractivity contribution is 0.101. The highest BCUT2D eigenvalue weighted by atomic mass is 16.2. The van der Waals surface area contributed by atoms with Crippen molar-refractivity contribution in [1.29, 1.82) is 0 Å². The first-order valence-corrected chi connectivity index (χ1v) is 7.17. The Morgan fingerprint density at radius 3 is 2.75 bits per heavy atom. The zero-order valence-corrected chi connectivity index (χ0v) is 12.3. The largest absolute Gasteiger partial charge is 0.322 e. The standard InChI is InChI=1S/C16H22N2O2/c1-11(2)15-8-5-9-18(15)16(20)17-14-7-4-6-13(10-14)12(3)19/h4,6-7,10-11,15H,5,8-9H2,1-3H3,(H,17,20)/t15-/m0/s1. The van der Waals surface area contributed by atoms with E-state index < -0.39 is 0 Å². The molecule has 1 heterocycles. The van der Waals surface area contributed by atoms with Crippen LogP contribution in [-0.4, -0.2) is 29.3 Å². The van der Waals surface area contributed by atoms with E-state index in [0.29, 0.717) is 23.2 Å². The number of rotatable bonds is 3. The van der Waals surface area contributed by atoms with Crippen LogP contribution in [0.2, 0.25) is 0 Å². The molecule has 0 aromatic heterocycles. The van der Waals surface area contributed by atoms with E-state index in [1.54, 1.807) is 18.2 Å². The predicted octanol–water partition coefficient (Wildman–Crippen LogP) is 3.54. The Balaban J connectivity index is 2.08. The van der Waals surface area contributed by atoms with Crippen molar-refractivity contribution in [3.63, 3.8) is 0 Å². The number of benzene rings is 1. The Bertz CT molecular complexity index is 511. The summed E-state index contributed by atoms with van der Waals surface area (Å²) in [4.78, 5) is 25.6. The summed E-state index contributed by atoms with van der Waals surface area (Å²) >= 11 is 0. The molecule has 0 aliphatic carbocycles. The molecule has 0 radical (unpaired) electrons. The molecule has 20 heavy (non-hydrogen) atoms. The molecule has 0 unspecified atom stereocenters. The van der Waals surface area contributed by atoms with Gasteiger partial charge in [-0.1, -0.05) is 26.0 Å². The summed E-state index contributed by atoms with van der Waals surface area (Å²) in [5.74, 6) is 0.467. The molecule has 1 aliphatic rings. The number of ketones is 1. The van der Waals surface area contributed by atoms with Gasteiger partial charge in [-0.05, 0) is 37.8 Å². The van der Waals surface area contributed by atoms with Crippen molar-refractivity contribution in [2.45, 2.75) is 39.7 Å². The quantitative estimate of drug-likeness (QED) is 0.857. The molecule has 1 saturated heterocycles. The highest BCUT2D eigenvalue weighted by Crippen LogP contribution is 2.24. The number of nitrogens with one attached hydrogen (secondary N) is 1. The number of carbonyl (C=O) groups excluding carboxylic acids is 2. The summed E-state index contributed by atoms with van der Waals surface area (Å²) in [6, 6.07) is 7.32. The fraction of sp³-hybridized carbons (Fsp3) is 0.500. The Morgan fingerprint density at radius 1 is 1.35 bits per heavy atom. The van der Waals surface area contributed by atoms with Crippen molar-refractivity contribution in [2.75, 3.05) is 11.9 Å². The lowest BCUT2D eigenvalue weighted by Crippen LogP contribution is -2.41. The number of hydrogen-bond donors (Lipinski definition) is 1. The SMILES string of the molecule is CC(=O)c1cccc(NC(=O)N2CCC[C@H]2C(C)C)c1. The minimum absolute atomic E-state index is 0.00216. The molecule has 0 saturated carbocycles. The molecule has 0 spiro atoms. The van der Waals surface area contributed by atoms with Gasteiger partial charge in [0.25, 0.3) is 0 Å². The fourth-order valence-electron chi connectivity index (χ4n) is 2.75. The van der Waals surface area contributed by atoms with Crippen molar-refractivity contribution in [3.05, 3.63) is 29.8 Å². The van der Waals surface area contributed by atoms with E-state index in [0.717, 1.165) is 19.4 Å². The average Bonchev–Trinajstić information content (AvgIpc) is 2.88. The van der Waals surface area contributed by atoms with Gasteiger partial charge in [-0.15, -0.1) is 0 Å². The van der Waals surface area contributed by atoms with Crippen LogP contribution in [-0.2, 0) is 0 Å². The number of hydrogen-bond acceptors (Lipinski definition) is 2. The van der Waals surface area contributed by atoms with Crippen molar-refractivity contribution >= 4 is 17.5 Å². The second-order valence-electron chi connectivity index (χ2n) is 5.71. The Morgan fingerprint density at radius 2 is 2.10 bits per heavy atom. The minimum atomic E-state index is -0.0677. The van der Waals surface area contributed by atoms with E-state index in [2.05, 4.69) is 19.2 Å². The summed E-state index contributed by atoms with van der Waals surface area (Å²) in [5, 5.41) is 2.90. The van der Waals surface area contributed by atoms with E-state index in [1.807, 2.05) is 11.0 Å². The topological polar surface area (TPSA) is 49.4 Å². The molecular formula is C16H22N2O2. The number of Topliss-reactive ketones (excluding diaryl/α,β-unsaturated/α-hetero) is 1. The Kier molecular flexibility index (Phi) is 4.42.